The quantitative estimate of drug-likeness (QED) is 0.802. The summed E-state index contributed by atoms with van der Waals surface area (Å²) in [5.74, 6) is 2.25. The van der Waals surface area contributed by atoms with E-state index < -0.39 is 0 Å². The largest absolute Gasteiger partial charge is 0.329 e. The molecule has 0 aromatic rings. The molecule has 94 valence electrons. The Bertz CT molecular complexity index is 240. The van der Waals surface area contributed by atoms with Crippen molar-refractivity contribution in [2.75, 3.05) is 18.8 Å². The first-order valence-corrected chi connectivity index (χ1v) is 7.73. The summed E-state index contributed by atoms with van der Waals surface area (Å²) < 4.78 is 0. The highest BCUT2D eigenvalue weighted by Gasteiger charge is 2.46. The lowest BCUT2D eigenvalue weighted by atomic mass is 9.88. The third-order valence-electron chi connectivity index (χ3n) is 4.36. The van der Waals surface area contributed by atoms with Gasteiger partial charge in [-0.3, -0.25) is 4.90 Å². The van der Waals surface area contributed by atoms with Gasteiger partial charge in [0.1, 0.15) is 0 Å². The van der Waals surface area contributed by atoms with Gasteiger partial charge in [-0.1, -0.05) is 6.92 Å². The third-order valence-corrected chi connectivity index (χ3v) is 5.74. The van der Waals surface area contributed by atoms with Gasteiger partial charge in [-0.15, -0.1) is 0 Å². The highest BCUT2D eigenvalue weighted by Crippen LogP contribution is 2.42. The van der Waals surface area contributed by atoms with Gasteiger partial charge in [0.05, 0.1) is 0 Å². The summed E-state index contributed by atoms with van der Waals surface area (Å²) in [5, 5.41) is 0.693. The van der Waals surface area contributed by atoms with Crippen molar-refractivity contribution in [2.45, 2.75) is 56.9 Å². The van der Waals surface area contributed by atoms with Gasteiger partial charge in [-0.2, -0.15) is 11.8 Å². The molecule has 1 saturated heterocycles. The van der Waals surface area contributed by atoms with Crippen LogP contribution in [0.2, 0.25) is 0 Å². The molecular formula is C13H26N2S. The Morgan fingerprint density at radius 1 is 1.44 bits per heavy atom. The molecule has 1 saturated carbocycles. The van der Waals surface area contributed by atoms with Gasteiger partial charge in [0.25, 0.3) is 0 Å². The predicted molar refractivity (Wildman–Crippen MR) is 72.9 cm³/mol. The number of rotatable bonds is 5. The first kappa shape index (κ1) is 12.7. The maximum absolute atomic E-state index is 6.14. The van der Waals surface area contributed by atoms with Crippen molar-refractivity contribution in [2.24, 2.45) is 11.7 Å². The second-order valence-electron chi connectivity index (χ2n) is 5.76. The lowest BCUT2D eigenvalue weighted by molar-refractivity contribution is 0.0595. The minimum Gasteiger partial charge on any atom is -0.329 e. The predicted octanol–water partition coefficient (Wildman–Crippen LogP) is 2.33. The van der Waals surface area contributed by atoms with Crippen molar-refractivity contribution in [3.05, 3.63) is 0 Å². The molecule has 2 N–H and O–H groups in total. The molecule has 1 heterocycles. The molecule has 0 amide bonds. The van der Waals surface area contributed by atoms with Gasteiger partial charge in [0.2, 0.25) is 0 Å². The summed E-state index contributed by atoms with van der Waals surface area (Å²) in [4.78, 5) is 2.72. The van der Waals surface area contributed by atoms with E-state index in [1.165, 1.54) is 31.6 Å². The Hall–Kier alpha value is 0.270. The molecule has 3 heteroatoms. The van der Waals surface area contributed by atoms with Crippen molar-refractivity contribution in [3.63, 3.8) is 0 Å². The second kappa shape index (κ2) is 4.87. The Labute approximate surface area is 104 Å². The van der Waals surface area contributed by atoms with E-state index in [4.69, 9.17) is 5.73 Å². The Morgan fingerprint density at radius 2 is 2.12 bits per heavy atom. The molecule has 2 nitrogen and oxygen atoms in total. The number of nitrogens with zero attached hydrogens (tertiary/aromatic N) is 1. The van der Waals surface area contributed by atoms with Crippen molar-refractivity contribution in [3.8, 4) is 0 Å². The minimum absolute atomic E-state index is 0.279. The summed E-state index contributed by atoms with van der Waals surface area (Å²) in [6.07, 6.45) is 4.15. The van der Waals surface area contributed by atoms with Crippen LogP contribution in [0, 0.1) is 5.92 Å². The molecule has 0 aromatic heterocycles. The maximum atomic E-state index is 6.14. The van der Waals surface area contributed by atoms with E-state index >= 15 is 0 Å². The molecule has 2 unspecified atom stereocenters. The van der Waals surface area contributed by atoms with Crippen LogP contribution in [0.5, 0.6) is 0 Å². The van der Waals surface area contributed by atoms with Crippen LogP contribution in [0.1, 0.15) is 40.0 Å². The summed E-state index contributed by atoms with van der Waals surface area (Å²) in [6, 6.07) is 0.630. The van der Waals surface area contributed by atoms with Gasteiger partial charge < -0.3 is 5.73 Å². The molecule has 0 radical (unpaired) electrons. The molecule has 0 bridgehead atoms. The molecule has 16 heavy (non-hydrogen) atoms. The van der Waals surface area contributed by atoms with Crippen molar-refractivity contribution in [1.29, 1.82) is 0 Å². The molecular weight excluding hydrogens is 216 g/mol. The van der Waals surface area contributed by atoms with Crippen LogP contribution >= 0.6 is 11.8 Å². The van der Waals surface area contributed by atoms with E-state index in [1.807, 2.05) is 0 Å². The molecule has 1 aliphatic heterocycles. The Kier molecular flexibility index (Phi) is 3.87. The summed E-state index contributed by atoms with van der Waals surface area (Å²) in [6.45, 7) is 9.13. The highest BCUT2D eigenvalue weighted by atomic mass is 32.2. The van der Waals surface area contributed by atoms with Gasteiger partial charge in [-0.25, -0.2) is 0 Å². The van der Waals surface area contributed by atoms with E-state index in [0.29, 0.717) is 11.3 Å². The van der Waals surface area contributed by atoms with Crippen molar-refractivity contribution >= 4 is 11.8 Å². The smallest absolute Gasteiger partial charge is 0.0458 e. The van der Waals surface area contributed by atoms with E-state index in [0.717, 1.165) is 12.5 Å². The number of hydrogen-bond donors (Lipinski definition) is 1. The Balaban J connectivity index is 2.13. The Morgan fingerprint density at radius 3 is 2.50 bits per heavy atom. The zero-order valence-corrected chi connectivity index (χ0v) is 11.7. The lowest BCUT2D eigenvalue weighted by Crippen LogP contribution is -2.60. The fourth-order valence-corrected chi connectivity index (χ4v) is 4.50. The van der Waals surface area contributed by atoms with Crippen LogP contribution in [0.25, 0.3) is 0 Å². The lowest BCUT2D eigenvalue weighted by Gasteiger charge is -2.46. The summed E-state index contributed by atoms with van der Waals surface area (Å²) in [5.41, 5.74) is 6.42. The zero-order chi connectivity index (χ0) is 11.8. The number of nitrogens with two attached hydrogens (primary N) is 1. The topological polar surface area (TPSA) is 29.3 Å². The fraction of sp³-hybridized carbons (Fsp3) is 1.00. The molecule has 0 spiro atoms. The van der Waals surface area contributed by atoms with Crippen LogP contribution in [0.15, 0.2) is 0 Å². The molecule has 2 fully saturated rings. The van der Waals surface area contributed by atoms with Crippen LogP contribution in [-0.2, 0) is 0 Å². The first-order chi connectivity index (χ1) is 7.60. The van der Waals surface area contributed by atoms with Crippen LogP contribution in [0.4, 0.5) is 0 Å². The first-order valence-electron chi connectivity index (χ1n) is 6.68. The van der Waals surface area contributed by atoms with Crippen LogP contribution in [-0.4, -0.2) is 40.6 Å². The van der Waals surface area contributed by atoms with Crippen LogP contribution < -0.4 is 5.73 Å². The van der Waals surface area contributed by atoms with Crippen molar-refractivity contribution in [1.82, 2.24) is 4.90 Å². The highest BCUT2D eigenvalue weighted by molar-refractivity contribution is 8.00. The SMILES string of the molecule is CC(C)N(CC1CC1)C1(CN)CCSC1C. The second-order valence-corrected chi connectivity index (χ2v) is 7.21. The molecule has 1 aliphatic carbocycles. The van der Waals surface area contributed by atoms with E-state index in [2.05, 4.69) is 37.4 Å². The molecule has 2 atom stereocenters. The number of thioether (sulfide) groups is 1. The molecule has 2 aliphatic rings. The fourth-order valence-electron chi connectivity index (χ4n) is 3.02. The monoisotopic (exact) mass is 242 g/mol. The summed E-state index contributed by atoms with van der Waals surface area (Å²) in [7, 11) is 0. The van der Waals surface area contributed by atoms with Gasteiger partial charge >= 0.3 is 0 Å². The minimum atomic E-state index is 0.279. The number of hydrogen-bond acceptors (Lipinski definition) is 3. The van der Waals surface area contributed by atoms with E-state index in [9.17, 15) is 0 Å². The standard InChI is InChI=1S/C13H26N2S/c1-10(2)15(8-12-4-5-12)13(9-14)6-7-16-11(13)3/h10-12H,4-9,14H2,1-3H3. The van der Waals surface area contributed by atoms with Gasteiger partial charge in [0.15, 0.2) is 0 Å². The normalized spacial score (nSPS) is 35.2. The average Bonchev–Trinajstić information content (AvgIpc) is 2.99. The maximum Gasteiger partial charge on any atom is 0.0458 e. The van der Waals surface area contributed by atoms with E-state index in [-0.39, 0.29) is 5.54 Å². The van der Waals surface area contributed by atoms with E-state index in [1.54, 1.807) is 0 Å². The summed E-state index contributed by atoms with van der Waals surface area (Å²) >= 11 is 2.10. The van der Waals surface area contributed by atoms with Crippen molar-refractivity contribution < 1.29 is 0 Å². The molecule has 2 rings (SSSR count). The van der Waals surface area contributed by atoms with Gasteiger partial charge in [-0.05, 0) is 44.8 Å². The average molecular weight is 242 g/mol. The van der Waals surface area contributed by atoms with Crippen LogP contribution in [0.3, 0.4) is 0 Å². The third kappa shape index (κ3) is 2.27. The molecule has 0 aromatic carbocycles. The van der Waals surface area contributed by atoms with Gasteiger partial charge in [0, 0.05) is 29.9 Å². The zero-order valence-electron chi connectivity index (χ0n) is 10.9.